The molecular formula is C11H7F4NO2. The van der Waals surface area contributed by atoms with Crippen LogP contribution in [0, 0.1) is 11.3 Å². The molecule has 0 aromatic heterocycles. The Morgan fingerprint density at radius 3 is 2.33 bits per heavy atom. The molecule has 0 aliphatic carbocycles. The number of Topliss-reactive ketones (excluding diaryl/α,β-unsaturated/α-hetero) is 1. The topological polar surface area (TPSA) is 50.1 Å². The molecule has 0 saturated carbocycles. The van der Waals surface area contributed by atoms with Gasteiger partial charge in [-0.05, 0) is 19.1 Å². The summed E-state index contributed by atoms with van der Waals surface area (Å²) in [5.74, 6) is -1.41. The quantitative estimate of drug-likeness (QED) is 0.617. The Morgan fingerprint density at radius 2 is 1.94 bits per heavy atom. The highest BCUT2D eigenvalue weighted by Gasteiger charge is 2.20. The first-order valence-electron chi connectivity index (χ1n) is 4.68. The van der Waals surface area contributed by atoms with Gasteiger partial charge in [0.2, 0.25) is 0 Å². The van der Waals surface area contributed by atoms with E-state index in [1.54, 1.807) is 0 Å². The number of ketones is 1. The third-order valence-corrected chi connectivity index (χ3v) is 2.08. The van der Waals surface area contributed by atoms with Gasteiger partial charge in [-0.3, -0.25) is 4.79 Å². The van der Waals surface area contributed by atoms with Crippen LogP contribution in [0.3, 0.4) is 0 Å². The average Bonchev–Trinajstić information content (AvgIpc) is 2.26. The van der Waals surface area contributed by atoms with Crippen molar-refractivity contribution >= 4 is 5.78 Å². The second-order valence-electron chi connectivity index (χ2n) is 3.29. The van der Waals surface area contributed by atoms with E-state index in [2.05, 4.69) is 4.74 Å². The van der Waals surface area contributed by atoms with Gasteiger partial charge >= 0.3 is 6.61 Å². The second kappa shape index (κ2) is 5.49. The molecule has 96 valence electrons. The van der Waals surface area contributed by atoms with Crippen LogP contribution >= 0.6 is 0 Å². The summed E-state index contributed by atoms with van der Waals surface area (Å²) in [4.78, 5) is 11.2. The molecule has 0 unspecified atom stereocenters. The lowest BCUT2D eigenvalue weighted by molar-refractivity contribution is -0.0502. The molecule has 0 saturated heterocycles. The molecule has 1 aromatic carbocycles. The molecule has 0 spiro atoms. The predicted molar refractivity (Wildman–Crippen MR) is 52.8 cm³/mol. The number of carbonyl (C=O) groups excluding carboxylic acids is 1. The summed E-state index contributed by atoms with van der Waals surface area (Å²) >= 11 is 0. The summed E-state index contributed by atoms with van der Waals surface area (Å²) in [6, 6.07) is 2.92. The zero-order valence-electron chi connectivity index (χ0n) is 9.08. The summed E-state index contributed by atoms with van der Waals surface area (Å²) in [7, 11) is 0. The van der Waals surface area contributed by atoms with Crippen LogP contribution in [-0.2, 0) is 0 Å². The monoisotopic (exact) mass is 261 g/mol. The molecule has 0 radical (unpaired) electrons. The van der Waals surface area contributed by atoms with Gasteiger partial charge in [0, 0.05) is 11.1 Å². The molecule has 1 aromatic rings. The van der Waals surface area contributed by atoms with E-state index in [0.29, 0.717) is 6.07 Å². The lowest BCUT2D eigenvalue weighted by atomic mass is 10.0. The molecule has 3 nitrogen and oxygen atoms in total. The van der Waals surface area contributed by atoms with Crippen molar-refractivity contribution in [3.05, 3.63) is 28.8 Å². The van der Waals surface area contributed by atoms with E-state index in [0.717, 1.165) is 13.0 Å². The zero-order valence-corrected chi connectivity index (χ0v) is 9.08. The highest BCUT2D eigenvalue weighted by atomic mass is 19.3. The summed E-state index contributed by atoms with van der Waals surface area (Å²) in [5.41, 5.74) is -1.51. The van der Waals surface area contributed by atoms with Crippen molar-refractivity contribution in [3.8, 4) is 11.8 Å². The van der Waals surface area contributed by atoms with Crippen molar-refractivity contribution in [2.75, 3.05) is 0 Å². The van der Waals surface area contributed by atoms with E-state index in [4.69, 9.17) is 5.26 Å². The fourth-order valence-electron chi connectivity index (χ4n) is 1.34. The fourth-order valence-corrected chi connectivity index (χ4v) is 1.34. The first kappa shape index (κ1) is 14.0. The second-order valence-corrected chi connectivity index (χ2v) is 3.29. The Bertz CT molecular complexity index is 509. The maximum Gasteiger partial charge on any atom is 0.387 e. The van der Waals surface area contributed by atoms with Crippen molar-refractivity contribution < 1.29 is 27.1 Å². The zero-order chi connectivity index (χ0) is 13.9. The van der Waals surface area contributed by atoms with E-state index >= 15 is 0 Å². The molecule has 0 atom stereocenters. The van der Waals surface area contributed by atoms with Crippen LogP contribution in [0.2, 0.25) is 0 Å². The number of ether oxygens (including phenoxy) is 1. The first-order chi connectivity index (χ1) is 8.36. The summed E-state index contributed by atoms with van der Waals surface area (Å²) in [6.45, 7) is -2.23. The summed E-state index contributed by atoms with van der Waals surface area (Å²) in [6.07, 6.45) is -2.96. The van der Waals surface area contributed by atoms with Crippen LogP contribution < -0.4 is 4.74 Å². The summed E-state index contributed by atoms with van der Waals surface area (Å²) < 4.78 is 53.2. The fraction of sp³-hybridized carbons (Fsp3) is 0.273. The van der Waals surface area contributed by atoms with Crippen LogP contribution in [-0.4, -0.2) is 12.4 Å². The van der Waals surface area contributed by atoms with Gasteiger partial charge in [0.25, 0.3) is 6.43 Å². The van der Waals surface area contributed by atoms with E-state index < -0.39 is 35.7 Å². The molecule has 0 bridgehead atoms. The third-order valence-electron chi connectivity index (χ3n) is 2.08. The third kappa shape index (κ3) is 2.97. The van der Waals surface area contributed by atoms with Gasteiger partial charge in [-0.15, -0.1) is 0 Å². The average molecular weight is 261 g/mol. The van der Waals surface area contributed by atoms with Crippen molar-refractivity contribution in [3.63, 3.8) is 0 Å². The highest BCUT2D eigenvalue weighted by molar-refractivity contribution is 5.97. The Balaban J connectivity index is 3.47. The van der Waals surface area contributed by atoms with Crippen molar-refractivity contribution in [1.29, 1.82) is 5.26 Å². The number of carbonyl (C=O) groups is 1. The van der Waals surface area contributed by atoms with Crippen LogP contribution in [0.4, 0.5) is 17.6 Å². The number of benzene rings is 1. The van der Waals surface area contributed by atoms with Crippen molar-refractivity contribution in [1.82, 2.24) is 0 Å². The molecule has 0 aliphatic rings. The maximum absolute atomic E-state index is 12.5. The predicted octanol–water partition coefficient (Wildman–Crippen LogP) is 3.30. The minimum Gasteiger partial charge on any atom is -0.433 e. The number of halogens is 4. The van der Waals surface area contributed by atoms with Gasteiger partial charge in [-0.1, -0.05) is 0 Å². The van der Waals surface area contributed by atoms with Crippen LogP contribution in [0.15, 0.2) is 12.1 Å². The van der Waals surface area contributed by atoms with Gasteiger partial charge < -0.3 is 4.74 Å². The minimum atomic E-state index is -3.27. The Hall–Kier alpha value is -2.10. The number of hydrogen-bond donors (Lipinski definition) is 0. The van der Waals surface area contributed by atoms with Gasteiger partial charge in [-0.2, -0.15) is 14.0 Å². The lowest BCUT2D eigenvalue weighted by Crippen LogP contribution is -2.08. The SMILES string of the molecule is CC(=O)c1cc(C(F)F)cc(OC(F)F)c1C#N. The number of nitriles is 1. The number of rotatable bonds is 4. The number of alkyl halides is 4. The van der Waals surface area contributed by atoms with E-state index in [9.17, 15) is 22.4 Å². The van der Waals surface area contributed by atoms with E-state index in [1.807, 2.05) is 0 Å². The van der Waals surface area contributed by atoms with E-state index in [-0.39, 0.29) is 5.56 Å². The Kier molecular flexibility index (Phi) is 4.26. The molecule has 0 heterocycles. The molecule has 18 heavy (non-hydrogen) atoms. The first-order valence-corrected chi connectivity index (χ1v) is 4.68. The molecule has 0 N–H and O–H groups in total. The highest BCUT2D eigenvalue weighted by Crippen LogP contribution is 2.30. The van der Waals surface area contributed by atoms with Gasteiger partial charge in [0.1, 0.15) is 17.4 Å². The van der Waals surface area contributed by atoms with Gasteiger partial charge in [-0.25, -0.2) is 8.78 Å². The summed E-state index contributed by atoms with van der Waals surface area (Å²) in [5, 5.41) is 8.78. The normalized spacial score (nSPS) is 10.6. The Labute approximate surface area is 99.6 Å². The number of nitrogens with zero attached hydrogens (tertiary/aromatic N) is 1. The maximum atomic E-state index is 12.5. The largest absolute Gasteiger partial charge is 0.433 e. The Morgan fingerprint density at radius 1 is 1.33 bits per heavy atom. The van der Waals surface area contributed by atoms with Crippen LogP contribution in [0.5, 0.6) is 5.75 Å². The van der Waals surface area contributed by atoms with Crippen LogP contribution in [0.1, 0.15) is 34.8 Å². The molecule has 0 fully saturated rings. The van der Waals surface area contributed by atoms with E-state index in [1.165, 1.54) is 6.07 Å². The lowest BCUT2D eigenvalue weighted by Gasteiger charge is -2.11. The van der Waals surface area contributed by atoms with Crippen LogP contribution in [0.25, 0.3) is 0 Å². The molecule has 0 amide bonds. The minimum absolute atomic E-state index is 0.369. The standard InChI is InChI=1S/C11H7F4NO2/c1-5(17)7-2-6(10(12)13)3-9(8(7)4-16)18-11(14)15/h2-3,10-11H,1H3. The molecule has 7 heteroatoms. The molecule has 0 aliphatic heterocycles. The van der Waals surface area contributed by atoms with Crippen molar-refractivity contribution in [2.45, 2.75) is 20.0 Å². The van der Waals surface area contributed by atoms with Gasteiger partial charge in [0.15, 0.2) is 5.78 Å². The smallest absolute Gasteiger partial charge is 0.387 e. The molecule has 1 rings (SSSR count). The van der Waals surface area contributed by atoms with Crippen molar-refractivity contribution in [2.24, 2.45) is 0 Å². The number of hydrogen-bond acceptors (Lipinski definition) is 3. The van der Waals surface area contributed by atoms with Gasteiger partial charge in [0.05, 0.1) is 0 Å². The molecular weight excluding hydrogens is 254 g/mol.